The normalized spacial score (nSPS) is 31.9. The molecule has 1 aliphatic heterocycles. The molecule has 3 heteroatoms. The van der Waals surface area contributed by atoms with Gasteiger partial charge in [-0.15, -0.1) is 0 Å². The molecular formula is C20H23NO2. The first-order valence-corrected chi connectivity index (χ1v) is 8.66. The third kappa shape index (κ3) is 2.09. The van der Waals surface area contributed by atoms with Gasteiger partial charge in [-0.2, -0.15) is 0 Å². The summed E-state index contributed by atoms with van der Waals surface area (Å²) in [6.07, 6.45) is 2.92. The first-order valence-electron chi connectivity index (χ1n) is 8.66. The van der Waals surface area contributed by atoms with Gasteiger partial charge in [0.05, 0.1) is 11.8 Å². The van der Waals surface area contributed by atoms with Crippen molar-refractivity contribution in [3.05, 3.63) is 47.0 Å². The molecule has 3 aliphatic rings. The lowest BCUT2D eigenvalue weighted by atomic mass is 9.81. The lowest BCUT2D eigenvalue weighted by Gasteiger charge is -2.19. The Morgan fingerprint density at radius 2 is 1.57 bits per heavy atom. The molecule has 0 unspecified atom stereocenters. The van der Waals surface area contributed by atoms with Crippen molar-refractivity contribution in [1.82, 2.24) is 4.90 Å². The van der Waals surface area contributed by atoms with Gasteiger partial charge in [0.2, 0.25) is 11.8 Å². The average Bonchev–Trinajstić information content (AvgIpc) is 3.18. The predicted octanol–water partition coefficient (Wildman–Crippen LogP) is 3.21. The van der Waals surface area contributed by atoms with E-state index in [2.05, 4.69) is 26.0 Å². The number of benzene rings is 1. The summed E-state index contributed by atoms with van der Waals surface area (Å²) in [5.74, 6) is 0.689. The molecular weight excluding hydrogens is 286 g/mol. The van der Waals surface area contributed by atoms with Crippen LogP contribution in [0.3, 0.4) is 0 Å². The number of nitrogens with zero attached hydrogens (tertiary/aromatic N) is 1. The summed E-state index contributed by atoms with van der Waals surface area (Å²) in [5, 5.41) is 0. The van der Waals surface area contributed by atoms with Crippen LogP contribution in [0.4, 0.5) is 0 Å². The Kier molecular flexibility index (Phi) is 3.40. The van der Waals surface area contributed by atoms with Crippen molar-refractivity contribution in [2.45, 2.75) is 33.1 Å². The lowest BCUT2D eigenvalue weighted by molar-refractivity contribution is -0.140. The summed E-state index contributed by atoms with van der Waals surface area (Å²) >= 11 is 0. The molecule has 1 aromatic rings. The number of amides is 2. The Bertz CT molecular complexity index is 655. The van der Waals surface area contributed by atoms with Gasteiger partial charge in [0.15, 0.2) is 0 Å². The molecule has 3 fully saturated rings. The number of allylic oxidation sites excluding steroid dienone is 2. The fourth-order valence-corrected chi connectivity index (χ4v) is 5.16. The lowest BCUT2D eigenvalue weighted by Crippen LogP contribution is -2.34. The van der Waals surface area contributed by atoms with Crippen molar-refractivity contribution >= 4 is 11.8 Å². The van der Waals surface area contributed by atoms with Crippen LogP contribution in [0.5, 0.6) is 0 Å². The summed E-state index contributed by atoms with van der Waals surface area (Å²) in [7, 11) is 0. The van der Waals surface area contributed by atoms with Gasteiger partial charge in [0, 0.05) is 6.54 Å². The second kappa shape index (κ2) is 5.33. The molecule has 3 nitrogen and oxygen atoms in total. The molecule has 1 heterocycles. The van der Waals surface area contributed by atoms with Crippen molar-refractivity contribution in [2.75, 3.05) is 6.54 Å². The maximum atomic E-state index is 12.9. The van der Waals surface area contributed by atoms with Gasteiger partial charge < -0.3 is 0 Å². The molecule has 23 heavy (non-hydrogen) atoms. The van der Waals surface area contributed by atoms with Crippen LogP contribution in [0.1, 0.15) is 32.3 Å². The minimum absolute atomic E-state index is 0.0677. The Labute approximate surface area is 137 Å². The predicted molar refractivity (Wildman–Crippen MR) is 88.4 cm³/mol. The van der Waals surface area contributed by atoms with Crippen LogP contribution in [0, 0.1) is 23.7 Å². The Morgan fingerprint density at radius 3 is 2.09 bits per heavy atom. The molecule has 0 N–H and O–H groups in total. The van der Waals surface area contributed by atoms with Crippen molar-refractivity contribution in [3.8, 4) is 0 Å². The molecule has 0 aromatic heterocycles. The van der Waals surface area contributed by atoms with E-state index in [-0.39, 0.29) is 23.7 Å². The minimum Gasteiger partial charge on any atom is -0.282 e. The molecule has 0 spiro atoms. The molecule has 120 valence electrons. The molecule has 4 rings (SSSR count). The van der Waals surface area contributed by atoms with Gasteiger partial charge in [-0.05, 0) is 50.5 Å². The van der Waals surface area contributed by atoms with Crippen LogP contribution in [-0.4, -0.2) is 23.3 Å². The first-order chi connectivity index (χ1) is 11.1. The van der Waals surface area contributed by atoms with E-state index in [1.165, 1.54) is 16.7 Å². The van der Waals surface area contributed by atoms with Gasteiger partial charge in [-0.3, -0.25) is 14.5 Å². The SMILES string of the molecule is CC(C)=C1[C@@H]2CC[C@@H]1[C@H]1C(=O)N(CCc3ccccc3)C(=O)[C@@H]12. The Hall–Kier alpha value is -1.90. The highest BCUT2D eigenvalue weighted by Gasteiger charge is 2.63. The largest absolute Gasteiger partial charge is 0.282 e. The number of likely N-dealkylation sites (tertiary alicyclic amines) is 1. The number of carbonyl (C=O) groups excluding carboxylic acids is 2. The van der Waals surface area contributed by atoms with Crippen molar-refractivity contribution in [3.63, 3.8) is 0 Å². The molecule has 2 aliphatic carbocycles. The van der Waals surface area contributed by atoms with Gasteiger partial charge in [0.25, 0.3) is 0 Å². The van der Waals surface area contributed by atoms with Crippen LogP contribution in [0.2, 0.25) is 0 Å². The van der Waals surface area contributed by atoms with Crippen LogP contribution in [0.25, 0.3) is 0 Å². The minimum atomic E-state index is -0.0677. The molecule has 2 saturated carbocycles. The van der Waals surface area contributed by atoms with Gasteiger partial charge in [-0.25, -0.2) is 0 Å². The highest BCUT2D eigenvalue weighted by Crippen LogP contribution is 2.60. The first kappa shape index (κ1) is 14.7. The molecule has 0 radical (unpaired) electrons. The zero-order valence-electron chi connectivity index (χ0n) is 13.8. The monoisotopic (exact) mass is 309 g/mol. The van der Waals surface area contributed by atoms with Gasteiger partial charge >= 0.3 is 0 Å². The van der Waals surface area contributed by atoms with Crippen molar-refractivity contribution in [1.29, 1.82) is 0 Å². The number of fused-ring (bicyclic) bond motifs is 5. The molecule has 1 aromatic carbocycles. The van der Waals surface area contributed by atoms with Crippen molar-refractivity contribution in [2.24, 2.45) is 23.7 Å². The van der Waals surface area contributed by atoms with E-state index < -0.39 is 0 Å². The fourth-order valence-electron chi connectivity index (χ4n) is 5.16. The maximum absolute atomic E-state index is 12.9. The van der Waals surface area contributed by atoms with Crippen LogP contribution in [-0.2, 0) is 16.0 Å². The van der Waals surface area contributed by atoms with Crippen molar-refractivity contribution < 1.29 is 9.59 Å². The number of rotatable bonds is 3. The smallest absolute Gasteiger partial charge is 0.233 e. The van der Waals surface area contributed by atoms with E-state index >= 15 is 0 Å². The zero-order chi connectivity index (χ0) is 16.1. The number of carbonyl (C=O) groups is 2. The third-order valence-electron chi connectivity index (χ3n) is 5.99. The zero-order valence-corrected chi connectivity index (χ0v) is 13.8. The fraction of sp³-hybridized carbons (Fsp3) is 0.500. The number of imide groups is 1. The topological polar surface area (TPSA) is 37.4 Å². The van der Waals surface area contributed by atoms with Gasteiger partial charge in [-0.1, -0.05) is 41.5 Å². The van der Waals surface area contributed by atoms with E-state index in [4.69, 9.17) is 0 Å². The highest BCUT2D eigenvalue weighted by atomic mass is 16.2. The third-order valence-corrected chi connectivity index (χ3v) is 5.99. The Morgan fingerprint density at radius 1 is 1.00 bits per heavy atom. The summed E-state index contributed by atoms with van der Waals surface area (Å²) in [4.78, 5) is 27.3. The Balaban J connectivity index is 1.55. The number of hydrogen-bond donors (Lipinski definition) is 0. The van der Waals surface area contributed by atoms with Crippen LogP contribution >= 0.6 is 0 Å². The van der Waals surface area contributed by atoms with Crippen LogP contribution in [0.15, 0.2) is 41.5 Å². The van der Waals surface area contributed by atoms with E-state index in [1.54, 1.807) is 4.90 Å². The van der Waals surface area contributed by atoms with E-state index in [9.17, 15) is 9.59 Å². The van der Waals surface area contributed by atoms with E-state index in [0.717, 1.165) is 19.3 Å². The summed E-state index contributed by atoms with van der Waals surface area (Å²) in [5.41, 5.74) is 3.92. The molecule has 2 bridgehead atoms. The molecule has 2 amide bonds. The number of hydrogen-bond acceptors (Lipinski definition) is 2. The second-order valence-corrected chi connectivity index (χ2v) is 7.36. The summed E-state index contributed by atoms with van der Waals surface area (Å²) in [6, 6.07) is 10.1. The van der Waals surface area contributed by atoms with E-state index in [1.807, 2.05) is 18.2 Å². The second-order valence-electron chi connectivity index (χ2n) is 7.36. The standard InChI is InChI=1S/C20H23NO2/c1-12(2)16-14-8-9-15(16)18-17(14)19(22)21(20(18)23)11-10-13-6-4-3-5-7-13/h3-7,14-15,17-18H,8-11H2,1-2H3/t14-,15-,17+,18+/m0/s1. The molecule has 4 atom stereocenters. The van der Waals surface area contributed by atoms with Gasteiger partial charge in [0.1, 0.15) is 0 Å². The summed E-state index contributed by atoms with van der Waals surface area (Å²) < 4.78 is 0. The van der Waals surface area contributed by atoms with E-state index in [0.29, 0.717) is 18.4 Å². The quantitative estimate of drug-likeness (QED) is 0.635. The van der Waals surface area contributed by atoms with Crippen LogP contribution < -0.4 is 0 Å². The average molecular weight is 309 g/mol. The highest BCUT2D eigenvalue weighted by molar-refractivity contribution is 6.06. The maximum Gasteiger partial charge on any atom is 0.233 e. The molecule has 1 saturated heterocycles. The summed E-state index contributed by atoms with van der Waals surface area (Å²) in [6.45, 7) is 4.78.